The number of rotatable bonds is 4. The highest BCUT2D eigenvalue weighted by atomic mass is 79.9. The molecule has 1 aliphatic carbocycles. The molecule has 1 aromatic carbocycles. The van der Waals surface area contributed by atoms with Gasteiger partial charge in [-0.3, -0.25) is 0 Å². The first kappa shape index (κ1) is 15.3. The van der Waals surface area contributed by atoms with Gasteiger partial charge in [0, 0.05) is 15.5 Å². The van der Waals surface area contributed by atoms with Crippen LogP contribution in [0, 0.1) is 16.7 Å². The van der Waals surface area contributed by atoms with Crippen LogP contribution in [0.15, 0.2) is 22.7 Å². The van der Waals surface area contributed by atoms with E-state index in [9.17, 15) is 0 Å². The Kier molecular flexibility index (Phi) is 4.08. The van der Waals surface area contributed by atoms with Gasteiger partial charge in [-0.15, -0.1) is 0 Å². The average Bonchev–Trinajstić information content (AvgIpc) is 2.66. The van der Waals surface area contributed by atoms with E-state index in [0.29, 0.717) is 10.8 Å². The van der Waals surface area contributed by atoms with Crippen LogP contribution in [0.25, 0.3) is 0 Å². The number of benzene rings is 1. The van der Waals surface area contributed by atoms with Gasteiger partial charge >= 0.3 is 0 Å². The van der Waals surface area contributed by atoms with Crippen LogP contribution in [0.2, 0.25) is 5.02 Å². The molecule has 0 bridgehead atoms. The first-order valence-corrected chi connectivity index (χ1v) is 8.03. The van der Waals surface area contributed by atoms with Gasteiger partial charge in [0.25, 0.3) is 0 Å². The second kappa shape index (κ2) is 5.05. The van der Waals surface area contributed by atoms with E-state index in [4.69, 9.17) is 11.6 Å². The summed E-state index contributed by atoms with van der Waals surface area (Å²) in [4.78, 5) is 0. The van der Waals surface area contributed by atoms with Crippen molar-refractivity contribution in [2.24, 2.45) is 16.7 Å². The van der Waals surface area contributed by atoms with E-state index >= 15 is 0 Å². The molecule has 1 aromatic rings. The molecule has 0 aliphatic heterocycles. The van der Waals surface area contributed by atoms with Gasteiger partial charge in [-0.2, -0.15) is 0 Å². The second-order valence-corrected chi connectivity index (χ2v) is 8.11. The Bertz CT molecular complexity index is 468. The van der Waals surface area contributed by atoms with Crippen molar-refractivity contribution < 1.29 is 0 Å². The number of hydrogen-bond acceptors (Lipinski definition) is 1. The van der Waals surface area contributed by atoms with E-state index in [-0.39, 0.29) is 6.04 Å². The molecule has 0 amide bonds. The molecule has 3 heteroatoms. The maximum absolute atomic E-state index is 6.30. The minimum absolute atomic E-state index is 0.285. The highest BCUT2D eigenvalue weighted by Crippen LogP contribution is 2.68. The summed E-state index contributed by atoms with van der Waals surface area (Å²) in [6.07, 6.45) is 0. The largest absolute Gasteiger partial charge is 0.310 e. The van der Waals surface area contributed by atoms with Crippen LogP contribution in [0.3, 0.4) is 0 Å². The van der Waals surface area contributed by atoms with Crippen molar-refractivity contribution in [1.29, 1.82) is 0 Å². The zero-order valence-electron chi connectivity index (χ0n) is 12.3. The fourth-order valence-electron chi connectivity index (χ4n) is 3.10. The topological polar surface area (TPSA) is 12.0 Å². The Balaban J connectivity index is 1.98. The lowest BCUT2D eigenvalue weighted by Crippen LogP contribution is -2.23. The Morgan fingerprint density at radius 3 is 2.32 bits per heavy atom. The molecule has 19 heavy (non-hydrogen) atoms. The predicted molar refractivity (Wildman–Crippen MR) is 86.6 cm³/mol. The monoisotopic (exact) mass is 343 g/mol. The van der Waals surface area contributed by atoms with Gasteiger partial charge in [0.1, 0.15) is 0 Å². The average molecular weight is 345 g/mol. The van der Waals surface area contributed by atoms with Gasteiger partial charge < -0.3 is 5.32 Å². The van der Waals surface area contributed by atoms with Crippen molar-refractivity contribution in [1.82, 2.24) is 5.32 Å². The molecular formula is C16H23BrClN. The molecule has 1 atom stereocenters. The van der Waals surface area contributed by atoms with Crippen LogP contribution in [0.5, 0.6) is 0 Å². The molecule has 1 nitrogen and oxygen atoms in total. The normalized spacial score (nSPS) is 22.3. The number of nitrogens with one attached hydrogen (secondary N) is 1. The summed E-state index contributed by atoms with van der Waals surface area (Å²) in [6.45, 7) is 12.7. The Hall–Kier alpha value is -0.0500. The fourth-order valence-corrected chi connectivity index (χ4v) is 3.94. The maximum atomic E-state index is 6.30. The lowest BCUT2D eigenvalue weighted by atomic mass is 10.0. The SMILES string of the molecule is CC(NCC1C(C)(C)C1(C)C)c1ccc(Br)cc1Cl. The summed E-state index contributed by atoms with van der Waals surface area (Å²) in [6, 6.07) is 6.38. The fraction of sp³-hybridized carbons (Fsp3) is 0.625. The quantitative estimate of drug-likeness (QED) is 0.767. The van der Waals surface area contributed by atoms with E-state index < -0.39 is 0 Å². The van der Waals surface area contributed by atoms with Crippen molar-refractivity contribution in [2.45, 2.75) is 40.7 Å². The van der Waals surface area contributed by atoms with Crippen molar-refractivity contribution >= 4 is 27.5 Å². The van der Waals surface area contributed by atoms with E-state index in [2.05, 4.69) is 61.9 Å². The standard InChI is InChI=1S/C16H23BrClN/c1-10(12-7-6-11(17)8-13(12)18)19-9-14-15(2,3)16(14,4)5/h6-8,10,14,19H,9H2,1-5H3. The lowest BCUT2D eigenvalue weighted by molar-refractivity contribution is 0.457. The molecular weight excluding hydrogens is 322 g/mol. The van der Waals surface area contributed by atoms with Crippen LogP contribution in [-0.2, 0) is 0 Å². The molecule has 1 N–H and O–H groups in total. The summed E-state index contributed by atoms with van der Waals surface area (Å²) in [7, 11) is 0. The molecule has 106 valence electrons. The smallest absolute Gasteiger partial charge is 0.0464 e. The minimum Gasteiger partial charge on any atom is -0.310 e. The van der Waals surface area contributed by atoms with Crippen LogP contribution in [0.1, 0.15) is 46.2 Å². The summed E-state index contributed by atoms with van der Waals surface area (Å²) in [5.74, 6) is 0.733. The van der Waals surface area contributed by atoms with Gasteiger partial charge in [-0.1, -0.05) is 61.3 Å². The van der Waals surface area contributed by atoms with Crippen molar-refractivity contribution in [3.05, 3.63) is 33.3 Å². The van der Waals surface area contributed by atoms with E-state index in [0.717, 1.165) is 22.0 Å². The summed E-state index contributed by atoms with van der Waals surface area (Å²) in [5, 5.41) is 4.46. The van der Waals surface area contributed by atoms with Crippen LogP contribution in [0.4, 0.5) is 0 Å². The van der Waals surface area contributed by atoms with E-state index in [1.54, 1.807) is 0 Å². The Morgan fingerprint density at radius 2 is 1.84 bits per heavy atom. The van der Waals surface area contributed by atoms with Crippen molar-refractivity contribution in [3.63, 3.8) is 0 Å². The van der Waals surface area contributed by atoms with Gasteiger partial charge in [0.2, 0.25) is 0 Å². The summed E-state index contributed by atoms with van der Waals surface area (Å²) >= 11 is 9.74. The minimum atomic E-state index is 0.285. The highest BCUT2D eigenvalue weighted by molar-refractivity contribution is 9.10. The van der Waals surface area contributed by atoms with Gasteiger partial charge in [0.15, 0.2) is 0 Å². The molecule has 0 aromatic heterocycles. The lowest BCUT2D eigenvalue weighted by Gasteiger charge is -2.16. The van der Waals surface area contributed by atoms with Crippen LogP contribution in [-0.4, -0.2) is 6.54 Å². The number of halogens is 2. The summed E-state index contributed by atoms with van der Waals surface area (Å²) in [5.41, 5.74) is 2.04. The highest BCUT2D eigenvalue weighted by Gasteiger charge is 2.63. The third kappa shape index (κ3) is 2.72. The van der Waals surface area contributed by atoms with Gasteiger partial charge in [0.05, 0.1) is 0 Å². The molecule has 2 rings (SSSR count). The zero-order valence-corrected chi connectivity index (χ0v) is 14.7. The third-order valence-electron chi connectivity index (χ3n) is 5.38. The molecule has 1 fully saturated rings. The molecule has 0 heterocycles. The molecule has 1 aliphatic rings. The zero-order chi connectivity index (χ0) is 14.4. The van der Waals surface area contributed by atoms with Crippen molar-refractivity contribution in [3.8, 4) is 0 Å². The Labute approximate surface area is 130 Å². The first-order valence-electron chi connectivity index (χ1n) is 6.86. The van der Waals surface area contributed by atoms with E-state index in [1.165, 1.54) is 5.56 Å². The van der Waals surface area contributed by atoms with Crippen molar-refractivity contribution in [2.75, 3.05) is 6.54 Å². The third-order valence-corrected chi connectivity index (χ3v) is 6.20. The van der Waals surface area contributed by atoms with Crippen LogP contribution >= 0.6 is 27.5 Å². The number of hydrogen-bond donors (Lipinski definition) is 1. The molecule has 0 radical (unpaired) electrons. The van der Waals surface area contributed by atoms with Gasteiger partial charge in [-0.05, 0) is 47.9 Å². The Morgan fingerprint density at radius 1 is 1.26 bits per heavy atom. The predicted octanol–water partition coefficient (Wildman–Crippen LogP) is 5.44. The van der Waals surface area contributed by atoms with E-state index in [1.807, 2.05) is 12.1 Å². The molecule has 0 spiro atoms. The van der Waals surface area contributed by atoms with Crippen LogP contribution < -0.4 is 5.32 Å². The maximum Gasteiger partial charge on any atom is 0.0464 e. The second-order valence-electron chi connectivity index (χ2n) is 6.79. The molecule has 1 unspecified atom stereocenters. The first-order chi connectivity index (χ1) is 8.68. The molecule has 1 saturated carbocycles. The summed E-state index contributed by atoms with van der Waals surface area (Å²) < 4.78 is 1.03. The molecule has 0 saturated heterocycles. The van der Waals surface area contributed by atoms with Gasteiger partial charge in [-0.25, -0.2) is 0 Å².